The Balaban J connectivity index is 2.15. The van der Waals surface area contributed by atoms with Gasteiger partial charge in [0.1, 0.15) is 6.04 Å². The van der Waals surface area contributed by atoms with Crippen LogP contribution in [0.3, 0.4) is 0 Å². The number of nitrogens with zero attached hydrogens (tertiary/aromatic N) is 2. The summed E-state index contributed by atoms with van der Waals surface area (Å²) in [5.74, 6) is -0.523. The summed E-state index contributed by atoms with van der Waals surface area (Å²) in [6.45, 7) is 3.46. The number of ether oxygens (including phenoxy) is 1. The number of urea groups is 1. The fourth-order valence-electron chi connectivity index (χ4n) is 3.71. The predicted molar refractivity (Wildman–Crippen MR) is 78.1 cm³/mol. The molecule has 3 unspecified atom stereocenters. The summed E-state index contributed by atoms with van der Waals surface area (Å²) in [7, 11) is 1.60. The largest absolute Gasteiger partial charge is 0.480 e. The number of fused-ring (bicyclic) bond motifs is 1. The number of aliphatic carboxylic acids is 1. The molecule has 21 heavy (non-hydrogen) atoms. The first kappa shape index (κ1) is 16.1. The Morgan fingerprint density at radius 2 is 2.05 bits per heavy atom. The van der Waals surface area contributed by atoms with E-state index >= 15 is 0 Å². The van der Waals surface area contributed by atoms with Crippen LogP contribution in [0.4, 0.5) is 4.79 Å². The topological polar surface area (TPSA) is 70.1 Å². The minimum Gasteiger partial charge on any atom is -0.480 e. The standard InChI is InChI=1S/C15H26N2O4/c1-3-16(8-9-21-2)15(20)17-12-7-5-4-6-11(12)10-13(17)14(18)19/h11-13H,3-10H2,1-2H3,(H,18,19). The molecule has 1 heterocycles. The highest BCUT2D eigenvalue weighted by molar-refractivity contribution is 5.84. The molecule has 6 heteroatoms. The zero-order valence-electron chi connectivity index (χ0n) is 13.0. The Hall–Kier alpha value is -1.30. The highest BCUT2D eigenvalue weighted by Crippen LogP contribution is 2.40. The van der Waals surface area contributed by atoms with E-state index in [1.54, 1.807) is 16.9 Å². The van der Waals surface area contributed by atoms with Gasteiger partial charge in [0, 0.05) is 26.2 Å². The van der Waals surface area contributed by atoms with E-state index in [0.717, 1.165) is 25.7 Å². The molecule has 2 aliphatic rings. The third-order valence-corrected chi connectivity index (χ3v) is 4.81. The number of likely N-dealkylation sites (tertiary alicyclic amines) is 1. The molecule has 0 radical (unpaired) electrons. The average Bonchev–Trinajstić information content (AvgIpc) is 2.87. The molecule has 120 valence electrons. The summed E-state index contributed by atoms with van der Waals surface area (Å²) in [5.41, 5.74) is 0. The highest BCUT2D eigenvalue weighted by atomic mass is 16.5. The molecular formula is C15H26N2O4. The first-order valence-electron chi connectivity index (χ1n) is 7.89. The van der Waals surface area contributed by atoms with Crippen LogP contribution in [0.5, 0.6) is 0 Å². The van der Waals surface area contributed by atoms with E-state index < -0.39 is 12.0 Å². The summed E-state index contributed by atoms with van der Waals surface area (Å²) >= 11 is 0. The van der Waals surface area contributed by atoms with Gasteiger partial charge in [-0.1, -0.05) is 12.8 Å². The first-order chi connectivity index (χ1) is 10.1. The third kappa shape index (κ3) is 3.31. The number of carbonyl (C=O) groups excluding carboxylic acids is 1. The molecule has 0 aromatic heterocycles. The molecule has 2 rings (SSSR count). The minimum absolute atomic E-state index is 0.101. The van der Waals surface area contributed by atoms with Crippen LogP contribution in [0.1, 0.15) is 39.0 Å². The number of carboxylic acids is 1. The minimum atomic E-state index is -0.874. The summed E-state index contributed by atoms with van der Waals surface area (Å²) in [5, 5.41) is 9.47. The average molecular weight is 298 g/mol. The van der Waals surface area contributed by atoms with Crippen molar-refractivity contribution in [2.45, 2.75) is 51.1 Å². The number of likely N-dealkylation sites (N-methyl/N-ethyl adjacent to an activating group) is 1. The van der Waals surface area contributed by atoms with E-state index in [2.05, 4.69) is 0 Å². The number of hydrogen-bond donors (Lipinski definition) is 1. The zero-order chi connectivity index (χ0) is 15.4. The molecule has 1 N–H and O–H groups in total. The lowest BCUT2D eigenvalue weighted by Gasteiger charge is -2.36. The SMILES string of the molecule is CCN(CCOC)C(=O)N1C(C(=O)O)CC2CCCCC21. The van der Waals surface area contributed by atoms with Crippen LogP contribution in [-0.4, -0.2) is 65.8 Å². The maximum absolute atomic E-state index is 12.8. The lowest BCUT2D eigenvalue weighted by molar-refractivity contribution is -0.141. The van der Waals surface area contributed by atoms with Crippen LogP contribution < -0.4 is 0 Å². The molecule has 1 saturated carbocycles. The van der Waals surface area contributed by atoms with Crippen LogP contribution in [-0.2, 0) is 9.53 Å². The summed E-state index contributed by atoms with van der Waals surface area (Å²) in [6.07, 6.45) is 4.82. The van der Waals surface area contributed by atoms with Crippen LogP contribution in [0, 0.1) is 5.92 Å². The van der Waals surface area contributed by atoms with E-state index in [1.165, 1.54) is 0 Å². The van der Waals surface area contributed by atoms with Gasteiger partial charge < -0.3 is 19.6 Å². The normalized spacial score (nSPS) is 28.3. The lowest BCUT2D eigenvalue weighted by atomic mass is 9.85. The van der Waals surface area contributed by atoms with Crippen molar-refractivity contribution in [3.8, 4) is 0 Å². The lowest BCUT2D eigenvalue weighted by Crippen LogP contribution is -2.52. The molecule has 0 aromatic carbocycles. The van der Waals surface area contributed by atoms with Crippen LogP contribution in [0.15, 0.2) is 0 Å². The molecule has 1 aliphatic carbocycles. The predicted octanol–water partition coefficient (Wildman–Crippen LogP) is 1.79. The van der Waals surface area contributed by atoms with Crippen molar-refractivity contribution in [2.75, 3.05) is 26.8 Å². The van der Waals surface area contributed by atoms with Gasteiger partial charge in [0.2, 0.25) is 0 Å². The smallest absolute Gasteiger partial charge is 0.326 e. The second kappa shape index (κ2) is 7.11. The molecular weight excluding hydrogens is 272 g/mol. The Morgan fingerprint density at radius 3 is 2.67 bits per heavy atom. The second-order valence-corrected chi connectivity index (χ2v) is 5.96. The van der Waals surface area contributed by atoms with Gasteiger partial charge in [0.05, 0.1) is 6.61 Å². The van der Waals surface area contributed by atoms with E-state index in [4.69, 9.17) is 4.74 Å². The van der Waals surface area contributed by atoms with Gasteiger partial charge in [-0.3, -0.25) is 0 Å². The Morgan fingerprint density at radius 1 is 1.33 bits per heavy atom. The van der Waals surface area contributed by atoms with Crippen molar-refractivity contribution in [3.05, 3.63) is 0 Å². The number of rotatable bonds is 5. The van der Waals surface area contributed by atoms with Crippen molar-refractivity contribution in [1.82, 2.24) is 9.80 Å². The van der Waals surface area contributed by atoms with Crippen molar-refractivity contribution in [3.63, 3.8) is 0 Å². The quantitative estimate of drug-likeness (QED) is 0.840. The van der Waals surface area contributed by atoms with Crippen molar-refractivity contribution in [2.24, 2.45) is 5.92 Å². The van der Waals surface area contributed by atoms with Gasteiger partial charge in [-0.15, -0.1) is 0 Å². The molecule has 3 atom stereocenters. The van der Waals surface area contributed by atoms with Gasteiger partial charge in [0.15, 0.2) is 0 Å². The maximum Gasteiger partial charge on any atom is 0.326 e. The third-order valence-electron chi connectivity index (χ3n) is 4.81. The second-order valence-electron chi connectivity index (χ2n) is 5.96. The summed E-state index contributed by atoms with van der Waals surface area (Å²) in [4.78, 5) is 27.7. The maximum atomic E-state index is 12.8. The molecule has 6 nitrogen and oxygen atoms in total. The van der Waals surface area contributed by atoms with Crippen LogP contribution in [0.25, 0.3) is 0 Å². The first-order valence-corrected chi connectivity index (χ1v) is 7.89. The van der Waals surface area contributed by atoms with Gasteiger partial charge >= 0.3 is 12.0 Å². The van der Waals surface area contributed by atoms with Crippen molar-refractivity contribution >= 4 is 12.0 Å². The van der Waals surface area contributed by atoms with Gasteiger partial charge in [-0.05, 0) is 32.1 Å². The molecule has 0 spiro atoms. The van der Waals surface area contributed by atoms with Gasteiger partial charge in [-0.25, -0.2) is 9.59 Å². The summed E-state index contributed by atoms with van der Waals surface area (Å²) in [6, 6.07) is -0.706. The molecule has 1 saturated heterocycles. The Kier molecular flexibility index (Phi) is 5.45. The number of hydrogen-bond acceptors (Lipinski definition) is 3. The van der Waals surface area contributed by atoms with E-state index in [0.29, 0.717) is 32.0 Å². The monoisotopic (exact) mass is 298 g/mol. The van der Waals surface area contributed by atoms with Gasteiger partial charge in [0.25, 0.3) is 0 Å². The number of carboxylic acid groups (broad SMARTS) is 1. The fraction of sp³-hybridized carbons (Fsp3) is 0.867. The highest BCUT2D eigenvalue weighted by Gasteiger charge is 2.48. The molecule has 2 fully saturated rings. The molecule has 0 bridgehead atoms. The number of carbonyl (C=O) groups is 2. The fourth-order valence-corrected chi connectivity index (χ4v) is 3.71. The molecule has 1 aliphatic heterocycles. The van der Waals surface area contributed by atoms with E-state index in [9.17, 15) is 14.7 Å². The zero-order valence-corrected chi connectivity index (χ0v) is 13.0. The van der Waals surface area contributed by atoms with Gasteiger partial charge in [-0.2, -0.15) is 0 Å². The Labute approximate surface area is 126 Å². The van der Waals surface area contributed by atoms with E-state index in [-0.39, 0.29) is 12.1 Å². The molecule has 0 aromatic rings. The van der Waals surface area contributed by atoms with Crippen LogP contribution in [0.2, 0.25) is 0 Å². The van der Waals surface area contributed by atoms with Crippen LogP contribution >= 0.6 is 0 Å². The van der Waals surface area contributed by atoms with E-state index in [1.807, 2.05) is 6.92 Å². The number of methoxy groups -OCH3 is 1. The summed E-state index contributed by atoms with van der Waals surface area (Å²) < 4.78 is 5.04. The number of amides is 2. The Bertz CT molecular complexity index is 388. The van der Waals surface area contributed by atoms with Crippen molar-refractivity contribution in [1.29, 1.82) is 0 Å². The van der Waals surface area contributed by atoms with Crippen molar-refractivity contribution < 1.29 is 19.4 Å². The molecule has 2 amide bonds.